The van der Waals surface area contributed by atoms with E-state index in [1.54, 1.807) is 32.0 Å². The summed E-state index contributed by atoms with van der Waals surface area (Å²) in [5.74, 6) is -0.422. The quantitative estimate of drug-likeness (QED) is 0.806. The molecule has 0 N–H and O–H groups in total. The number of nitrogens with zero attached hydrogens (tertiary/aromatic N) is 1. The number of ketones is 1. The first-order valence-corrected chi connectivity index (χ1v) is 6.45. The maximum absolute atomic E-state index is 13.5. The lowest BCUT2D eigenvalue weighted by molar-refractivity contribution is 0.0916. The Kier molecular flexibility index (Phi) is 4.34. The molecule has 2 rings (SSSR count). The topological polar surface area (TPSA) is 50.1 Å². The Morgan fingerprint density at radius 3 is 2.43 bits per heavy atom. The van der Waals surface area contributed by atoms with Crippen LogP contribution >= 0.6 is 0 Å². The molecule has 21 heavy (non-hydrogen) atoms. The number of nitriles is 1. The van der Waals surface area contributed by atoms with Crippen LogP contribution in [0, 0.1) is 31.0 Å². The number of benzene rings is 2. The van der Waals surface area contributed by atoms with Gasteiger partial charge in [0.2, 0.25) is 5.78 Å². The van der Waals surface area contributed by atoms with Gasteiger partial charge in [-0.05, 0) is 49.2 Å². The average molecular weight is 283 g/mol. The molecule has 0 heterocycles. The Balaban J connectivity index is 2.16. The zero-order valence-electron chi connectivity index (χ0n) is 11.8. The van der Waals surface area contributed by atoms with E-state index < -0.39 is 11.6 Å². The fraction of sp³-hybridized carbons (Fsp3) is 0.176. The minimum atomic E-state index is -0.556. The molecule has 0 saturated carbocycles. The molecular weight excluding hydrogens is 269 g/mol. The highest BCUT2D eigenvalue weighted by Crippen LogP contribution is 2.24. The Hall–Kier alpha value is -2.67. The number of hydrogen-bond donors (Lipinski definition) is 0. The van der Waals surface area contributed by atoms with Crippen molar-refractivity contribution in [1.82, 2.24) is 0 Å². The van der Waals surface area contributed by atoms with Crippen LogP contribution in [0.2, 0.25) is 0 Å². The first kappa shape index (κ1) is 14.7. The Morgan fingerprint density at radius 2 is 1.86 bits per heavy atom. The molecule has 0 bridgehead atoms. The van der Waals surface area contributed by atoms with Gasteiger partial charge in [0.1, 0.15) is 11.6 Å². The van der Waals surface area contributed by atoms with E-state index in [0.29, 0.717) is 11.3 Å². The van der Waals surface area contributed by atoms with Gasteiger partial charge in [0, 0.05) is 0 Å². The molecule has 3 nitrogen and oxygen atoms in total. The molecule has 0 atom stereocenters. The highest BCUT2D eigenvalue weighted by Gasteiger charge is 2.13. The molecule has 0 amide bonds. The smallest absolute Gasteiger partial charge is 0.203 e. The molecule has 106 valence electrons. The number of Topliss-reactive ketones (excluding diaryl/α,β-unsaturated/α-hetero) is 1. The van der Waals surface area contributed by atoms with Crippen LogP contribution in [-0.2, 0) is 0 Å². The fourth-order valence-corrected chi connectivity index (χ4v) is 2.15. The summed E-state index contributed by atoms with van der Waals surface area (Å²) in [6.07, 6.45) is 0. The van der Waals surface area contributed by atoms with Crippen molar-refractivity contribution < 1.29 is 13.9 Å². The van der Waals surface area contributed by atoms with Crippen LogP contribution in [-0.4, -0.2) is 12.4 Å². The minimum absolute atomic E-state index is 0.0152. The Labute approximate surface area is 122 Å². The van der Waals surface area contributed by atoms with E-state index in [0.717, 1.165) is 11.1 Å². The Bertz CT molecular complexity index is 709. The van der Waals surface area contributed by atoms with Gasteiger partial charge in [-0.15, -0.1) is 0 Å². The van der Waals surface area contributed by atoms with Crippen LogP contribution in [0.25, 0.3) is 0 Å². The molecule has 0 aliphatic carbocycles. The van der Waals surface area contributed by atoms with Gasteiger partial charge in [0.15, 0.2) is 6.61 Å². The van der Waals surface area contributed by atoms with Crippen molar-refractivity contribution in [3.8, 4) is 11.8 Å². The average Bonchev–Trinajstić information content (AvgIpc) is 2.46. The van der Waals surface area contributed by atoms with Crippen molar-refractivity contribution in [3.63, 3.8) is 0 Å². The van der Waals surface area contributed by atoms with Crippen LogP contribution in [0.1, 0.15) is 27.0 Å². The number of carbonyl (C=O) groups excluding carboxylic acids is 1. The SMILES string of the molecule is Cc1cc(C#N)cc(C)c1OCC(=O)c1ccccc1F. The number of carbonyl (C=O) groups is 1. The second-order valence-electron chi connectivity index (χ2n) is 4.74. The van der Waals surface area contributed by atoms with Crippen molar-refractivity contribution in [2.75, 3.05) is 6.61 Å². The zero-order valence-corrected chi connectivity index (χ0v) is 11.8. The van der Waals surface area contributed by atoms with Gasteiger partial charge in [-0.2, -0.15) is 5.26 Å². The van der Waals surface area contributed by atoms with Crippen LogP contribution in [0.3, 0.4) is 0 Å². The van der Waals surface area contributed by atoms with Crippen LogP contribution in [0.5, 0.6) is 5.75 Å². The van der Waals surface area contributed by atoms with Gasteiger partial charge in [0.05, 0.1) is 17.2 Å². The molecule has 2 aromatic rings. The summed E-state index contributed by atoms with van der Waals surface area (Å²) in [5, 5.41) is 8.89. The number of ether oxygens (including phenoxy) is 1. The third kappa shape index (κ3) is 3.26. The molecule has 0 radical (unpaired) electrons. The minimum Gasteiger partial charge on any atom is -0.485 e. The summed E-state index contributed by atoms with van der Waals surface area (Å²) < 4.78 is 19.0. The van der Waals surface area contributed by atoms with E-state index in [4.69, 9.17) is 10.00 Å². The van der Waals surface area contributed by atoms with Crippen molar-refractivity contribution in [3.05, 3.63) is 64.5 Å². The summed E-state index contributed by atoms with van der Waals surface area (Å²) in [5.41, 5.74) is 2.10. The van der Waals surface area contributed by atoms with Crippen molar-refractivity contribution >= 4 is 5.78 Å². The largest absolute Gasteiger partial charge is 0.485 e. The summed E-state index contributed by atoms with van der Waals surface area (Å²) in [7, 11) is 0. The molecule has 0 unspecified atom stereocenters. The lowest BCUT2D eigenvalue weighted by Gasteiger charge is -2.12. The zero-order chi connectivity index (χ0) is 15.4. The first-order valence-electron chi connectivity index (χ1n) is 6.45. The number of hydrogen-bond acceptors (Lipinski definition) is 3. The van der Waals surface area contributed by atoms with Crippen molar-refractivity contribution in [2.45, 2.75) is 13.8 Å². The lowest BCUT2D eigenvalue weighted by atomic mass is 10.1. The fourth-order valence-electron chi connectivity index (χ4n) is 2.15. The van der Waals surface area contributed by atoms with E-state index >= 15 is 0 Å². The van der Waals surface area contributed by atoms with Gasteiger partial charge in [-0.3, -0.25) is 4.79 Å². The summed E-state index contributed by atoms with van der Waals surface area (Å²) in [4.78, 5) is 12.0. The predicted octanol–water partition coefficient (Wildman–Crippen LogP) is 3.58. The van der Waals surface area contributed by atoms with Gasteiger partial charge in [0.25, 0.3) is 0 Å². The number of aryl methyl sites for hydroxylation is 2. The van der Waals surface area contributed by atoms with E-state index in [-0.39, 0.29) is 12.2 Å². The molecule has 0 aliphatic rings. The van der Waals surface area contributed by atoms with E-state index in [1.807, 2.05) is 0 Å². The summed E-state index contributed by atoms with van der Waals surface area (Å²) in [6, 6.07) is 11.2. The van der Waals surface area contributed by atoms with Crippen LogP contribution < -0.4 is 4.74 Å². The van der Waals surface area contributed by atoms with Gasteiger partial charge >= 0.3 is 0 Å². The molecule has 0 aliphatic heterocycles. The normalized spacial score (nSPS) is 10.0. The Morgan fingerprint density at radius 1 is 1.24 bits per heavy atom. The second-order valence-corrected chi connectivity index (χ2v) is 4.74. The van der Waals surface area contributed by atoms with Crippen LogP contribution in [0.15, 0.2) is 36.4 Å². The lowest BCUT2D eigenvalue weighted by Crippen LogP contribution is -2.14. The van der Waals surface area contributed by atoms with E-state index in [1.165, 1.54) is 18.2 Å². The van der Waals surface area contributed by atoms with E-state index in [2.05, 4.69) is 6.07 Å². The van der Waals surface area contributed by atoms with Gasteiger partial charge < -0.3 is 4.74 Å². The summed E-state index contributed by atoms with van der Waals surface area (Å²) >= 11 is 0. The van der Waals surface area contributed by atoms with Gasteiger partial charge in [-0.1, -0.05) is 12.1 Å². The van der Waals surface area contributed by atoms with E-state index in [9.17, 15) is 9.18 Å². The van der Waals surface area contributed by atoms with Gasteiger partial charge in [-0.25, -0.2) is 4.39 Å². The molecule has 0 fully saturated rings. The first-order chi connectivity index (χ1) is 10.0. The second kappa shape index (κ2) is 6.19. The molecule has 2 aromatic carbocycles. The third-order valence-corrected chi connectivity index (χ3v) is 3.11. The number of rotatable bonds is 4. The highest BCUT2D eigenvalue weighted by molar-refractivity contribution is 5.97. The van der Waals surface area contributed by atoms with Crippen molar-refractivity contribution in [2.24, 2.45) is 0 Å². The molecular formula is C17H14FNO2. The molecule has 4 heteroatoms. The maximum atomic E-state index is 13.5. The predicted molar refractivity (Wildman–Crippen MR) is 76.9 cm³/mol. The standard InChI is InChI=1S/C17H14FNO2/c1-11-7-13(9-19)8-12(2)17(11)21-10-16(20)14-5-3-4-6-15(14)18/h3-8H,10H2,1-2H3. The number of halogens is 1. The molecule has 0 saturated heterocycles. The third-order valence-electron chi connectivity index (χ3n) is 3.11. The molecule has 0 aromatic heterocycles. The van der Waals surface area contributed by atoms with Crippen LogP contribution in [0.4, 0.5) is 4.39 Å². The highest BCUT2D eigenvalue weighted by atomic mass is 19.1. The molecule has 0 spiro atoms. The maximum Gasteiger partial charge on any atom is 0.203 e. The summed E-state index contributed by atoms with van der Waals surface area (Å²) in [6.45, 7) is 3.36. The monoisotopic (exact) mass is 283 g/mol. The van der Waals surface area contributed by atoms with Crippen molar-refractivity contribution in [1.29, 1.82) is 5.26 Å².